The van der Waals surface area contributed by atoms with Crippen molar-refractivity contribution in [3.8, 4) is 11.5 Å². The van der Waals surface area contributed by atoms with Crippen molar-refractivity contribution >= 4 is 23.0 Å². The largest absolute Gasteiger partial charge is 0.493 e. The van der Waals surface area contributed by atoms with Crippen LogP contribution in [0.5, 0.6) is 11.5 Å². The summed E-state index contributed by atoms with van der Waals surface area (Å²) in [5.74, 6) is 2.61. The topological polar surface area (TPSA) is 94.3 Å². The van der Waals surface area contributed by atoms with E-state index in [0.717, 1.165) is 23.2 Å². The number of aromatic nitrogens is 2. The molecule has 0 saturated carbocycles. The van der Waals surface area contributed by atoms with Gasteiger partial charge in [0.15, 0.2) is 23.1 Å². The van der Waals surface area contributed by atoms with Crippen molar-refractivity contribution in [2.24, 2.45) is 0 Å². The molecule has 4 N–H and O–H groups in total. The summed E-state index contributed by atoms with van der Waals surface area (Å²) in [6.45, 7) is 2.70. The molecule has 3 rings (SSSR count). The standard InChI is InChI=1S/C21H25N5O2/c1-14-6-4-5-7-16(14)26-21-19(22)20(24-13-25-21)23-11-10-15-8-9-17(27-2)18(12-15)28-3/h4-9,12-13H,10-11,22H2,1-3H3,(H2,23,24,25,26). The predicted molar refractivity (Wildman–Crippen MR) is 113 cm³/mol. The number of nitrogens with two attached hydrogens (primary N) is 1. The van der Waals surface area contributed by atoms with Crippen LogP contribution in [0.15, 0.2) is 48.8 Å². The van der Waals surface area contributed by atoms with Crippen LogP contribution in [0.2, 0.25) is 0 Å². The predicted octanol–water partition coefficient (Wildman–Crippen LogP) is 3.78. The normalized spacial score (nSPS) is 10.4. The summed E-state index contributed by atoms with van der Waals surface area (Å²) in [4.78, 5) is 8.53. The van der Waals surface area contributed by atoms with Gasteiger partial charge in [-0.05, 0) is 42.7 Å². The summed E-state index contributed by atoms with van der Waals surface area (Å²) in [6, 6.07) is 13.9. The highest BCUT2D eigenvalue weighted by atomic mass is 16.5. The second-order valence-corrected chi connectivity index (χ2v) is 6.29. The molecule has 7 nitrogen and oxygen atoms in total. The van der Waals surface area contributed by atoms with Gasteiger partial charge in [0.1, 0.15) is 12.0 Å². The van der Waals surface area contributed by atoms with E-state index in [1.807, 2.05) is 49.4 Å². The van der Waals surface area contributed by atoms with Gasteiger partial charge >= 0.3 is 0 Å². The van der Waals surface area contributed by atoms with Crippen molar-refractivity contribution in [1.82, 2.24) is 9.97 Å². The first-order valence-electron chi connectivity index (χ1n) is 9.00. The third-order valence-corrected chi connectivity index (χ3v) is 4.44. The summed E-state index contributed by atoms with van der Waals surface area (Å²) in [7, 11) is 3.25. The molecule has 0 unspecified atom stereocenters. The summed E-state index contributed by atoms with van der Waals surface area (Å²) >= 11 is 0. The van der Waals surface area contributed by atoms with Gasteiger partial charge in [-0.1, -0.05) is 24.3 Å². The molecule has 2 aromatic carbocycles. The van der Waals surface area contributed by atoms with Gasteiger partial charge in [0.2, 0.25) is 0 Å². The highest BCUT2D eigenvalue weighted by Crippen LogP contribution is 2.29. The first-order valence-corrected chi connectivity index (χ1v) is 9.00. The molecule has 0 aliphatic rings. The lowest BCUT2D eigenvalue weighted by atomic mass is 10.1. The molecule has 3 aromatic rings. The van der Waals surface area contributed by atoms with Crippen molar-refractivity contribution < 1.29 is 9.47 Å². The summed E-state index contributed by atoms with van der Waals surface area (Å²) in [6.07, 6.45) is 2.28. The Labute approximate surface area is 164 Å². The Morgan fingerprint density at radius 2 is 1.71 bits per heavy atom. The van der Waals surface area contributed by atoms with E-state index in [4.69, 9.17) is 15.2 Å². The zero-order valence-corrected chi connectivity index (χ0v) is 16.3. The number of rotatable bonds is 8. The zero-order chi connectivity index (χ0) is 19.9. The third-order valence-electron chi connectivity index (χ3n) is 4.44. The van der Waals surface area contributed by atoms with Gasteiger partial charge < -0.3 is 25.8 Å². The molecule has 28 heavy (non-hydrogen) atoms. The second kappa shape index (κ2) is 8.94. The number of hydrogen-bond donors (Lipinski definition) is 3. The number of anilines is 4. The van der Waals surface area contributed by atoms with Gasteiger partial charge in [0, 0.05) is 12.2 Å². The molecule has 0 bridgehead atoms. The van der Waals surface area contributed by atoms with Crippen molar-refractivity contribution in [2.75, 3.05) is 37.1 Å². The molecular formula is C21H25N5O2. The minimum Gasteiger partial charge on any atom is -0.493 e. The summed E-state index contributed by atoms with van der Waals surface area (Å²) in [5, 5.41) is 6.55. The Bertz CT molecular complexity index is 946. The number of nitrogens with one attached hydrogen (secondary N) is 2. The quantitative estimate of drug-likeness (QED) is 0.548. The maximum atomic E-state index is 6.26. The Balaban J connectivity index is 1.66. The van der Waals surface area contributed by atoms with Crippen LogP contribution in [0, 0.1) is 6.92 Å². The smallest absolute Gasteiger partial charge is 0.160 e. The van der Waals surface area contributed by atoms with Gasteiger partial charge in [-0.2, -0.15) is 0 Å². The minimum atomic E-state index is 0.484. The number of hydrogen-bond acceptors (Lipinski definition) is 7. The maximum absolute atomic E-state index is 6.26. The lowest BCUT2D eigenvalue weighted by Gasteiger charge is -2.14. The summed E-state index contributed by atoms with van der Waals surface area (Å²) < 4.78 is 10.6. The summed E-state index contributed by atoms with van der Waals surface area (Å²) in [5.41, 5.74) is 9.94. The average molecular weight is 379 g/mol. The molecule has 146 valence electrons. The van der Waals surface area contributed by atoms with E-state index < -0.39 is 0 Å². The lowest BCUT2D eigenvalue weighted by Crippen LogP contribution is -2.11. The van der Waals surface area contributed by atoms with E-state index in [9.17, 15) is 0 Å². The second-order valence-electron chi connectivity index (χ2n) is 6.29. The van der Waals surface area contributed by atoms with E-state index in [-0.39, 0.29) is 0 Å². The van der Waals surface area contributed by atoms with Crippen molar-refractivity contribution in [2.45, 2.75) is 13.3 Å². The van der Waals surface area contributed by atoms with Crippen molar-refractivity contribution in [3.05, 3.63) is 59.9 Å². The van der Waals surface area contributed by atoms with Crippen LogP contribution < -0.4 is 25.8 Å². The highest BCUT2D eigenvalue weighted by molar-refractivity contribution is 5.78. The van der Waals surface area contributed by atoms with Gasteiger partial charge in [0.05, 0.1) is 14.2 Å². The van der Waals surface area contributed by atoms with E-state index in [1.54, 1.807) is 14.2 Å². The number of methoxy groups -OCH3 is 2. The number of para-hydroxylation sites is 1. The zero-order valence-electron chi connectivity index (χ0n) is 16.3. The number of ether oxygens (including phenoxy) is 2. The number of nitrogens with zero attached hydrogens (tertiary/aromatic N) is 2. The third kappa shape index (κ3) is 4.43. The fraction of sp³-hybridized carbons (Fsp3) is 0.238. The maximum Gasteiger partial charge on any atom is 0.160 e. The first kappa shape index (κ1) is 19.3. The SMILES string of the molecule is COc1ccc(CCNc2ncnc(Nc3ccccc3C)c2N)cc1OC. The fourth-order valence-electron chi connectivity index (χ4n) is 2.84. The molecule has 0 aliphatic carbocycles. The van der Waals surface area contributed by atoms with E-state index in [2.05, 4.69) is 20.6 Å². The van der Waals surface area contributed by atoms with E-state index >= 15 is 0 Å². The van der Waals surface area contributed by atoms with Gasteiger partial charge in [-0.25, -0.2) is 9.97 Å². The number of aryl methyl sites for hydroxylation is 1. The lowest BCUT2D eigenvalue weighted by molar-refractivity contribution is 0.354. The molecule has 1 heterocycles. The Morgan fingerprint density at radius 1 is 0.964 bits per heavy atom. The molecule has 1 aromatic heterocycles. The van der Waals surface area contributed by atoms with Crippen molar-refractivity contribution in [1.29, 1.82) is 0 Å². The average Bonchev–Trinajstić information content (AvgIpc) is 2.72. The van der Waals surface area contributed by atoms with Crippen LogP contribution in [0.4, 0.5) is 23.0 Å². The van der Waals surface area contributed by atoms with Crippen molar-refractivity contribution in [3.63, 3.8) is 0 Å². The molecular weight excluding hydrogens is 354 g/mol. The molecule has 0 saturated heterocycles. The van der Waals surface area contributed by atoms with Crippen LogP contribution in [0.1, 0.15) is 11.1 Å². The highest BCUT2D eigenvalue weighted by Gasteiger charge is 2.10. The molecule has 0 amide bonds. The van der Waals surface area contributed by atoms with Crippen LogP contribution >= 0.6 is 0 Å². The van der Waals surface area contributed by atoms with Crippen LogP contribution in [-0.4, -0.2) is 30.7 Å². The molecule has 0 radical (unpaired) electrons. The monoisotopic (exact) mass is 379 g/mol. The Morgan fingerprint density at radius 3 is 2.46 bits per heavy atom. The van der Waals surface area contributed by atoms with Gasteiger partial charge in [-0.15, -0.1) is 0 Å². The van der Waals surface area contributed by atoms with Crippen LogP contribution in [-0.2, 0) is 6.42 Å². The Kier molecular flexibility index (Phi) is 6.16. The first-order chi connectivity index (χ1) is 13.6. The van der Waals surface area contributed by atoms with Crippen LogP contribution in [0.25, 0.3) is 0 Å². The number of benzene rings is 2. The fourth-order valence-corrected chi connectivity index (χ4v) is 2.84. The molecule has 0 spiro atoms. The van der Waals surface area contributed by atoms with E-state index in [1.165, 1.54) is 6.33 Å². The van der Waals surface area contributed by atoms with E-state index in [0.29, 0.717) is 35.4 Å². The van der Waals surface area contributed by atoms with Gasteiger partial charge in [-0.3, -0.25) is 0 Å². The number of nitrogen functional groups attached to an aromatic ring is 1. The molecule has 7 heteroatoms. The van der Waals surface area contributed by atoms with Gasteiger partial charge in [0.25, 0.3) is 0 Å². The molecule has 0 fully saturated rings. The molecule has 0 atom stereocenters. The molecule has 0 aliphatic heterocycles. The van der Waals surface area contributed by atoms with Crippen LogP contribution in [0.3, 0.4) is 0 Å². The Hall–Kier alpha value is -3.48. The minimum absolute atomic E-state index is 0.484.